The highest BCUT2D eigenvalue weighted by Crippen LogP contribution is 2.32. The van der Waals surface area contributed by atoms with E-state index in [4.69, 9.17) is 4.74 Å². The van der Waals surface area contributed by atoms with Crippen LogP contribution in [0, 0.1) is 0 Å². The minimum absolute atomic E-state index is 0.0850. The summed E-state index contributed by atoms with van der Waals surface area (Å²) in [6, 6.07) is 7.23. The summed E-state index contributed by atoms with van der Waals surface area (Å²) in [6.45, 7) is 5.42. The van der Waals surface area contributed by atoms with Gasteiger partial charge in [-0.25, -0.2) is 0 Å². The van der Waals surface area contributed by atoms with Crippen LogP contribution < -0.4 is 10.1 Å². The number of piperazine rings is 1. The summed E-state index contributed by atoms with van der Waals surface area (Å²) in [5, 5.41) is 3.27. The second-order valence-corrected chi connectivity index (χ2v) is 7.63. The van der Waals surface area contributed by atoms with E-state index in [9.17, 15) is 8.42 Å². The van der Waals surface area contributed by atoms with E-state index in [0.717, 1.165) is 5.56 Å². The van der Waals surface area contributed by atoms with Gasteiger partial charge in [0.1, 0.15) is 5.75 Å². The lowest BCUT2D eigenvalue weighted by Crippen LogP contribution is -2.53. The van der Waals surface area contributed by atoms with E-state index in [1.165, 1.54) is 4.31 Å². The fourth-order valence-electron chi connectivity index (χ4n) is 2.60. The molecule has 124 valence electrons. The summed E-state index contributed by atoms with van der Waals surface area (Å²) in [7, 11) is -0.281. The standard InChI is InChI=1S/C15H25N3O3S/c1-12(2)17(3)22(19,20)18-10-9-16-11-14(18)13-7-5-6-8-15(13)21-4/h5-8,12,14,16H,9-11H2,1-4H3. The molecular formula is C15H25N3O3S. The van der Waals surface area contributed by atoms with Crippen LogP contribution in [0.2, 0.25) is 0 Å². The number of nitrogens with one attached hydrogen (secondary N) is 1. The molecule has 1 unspecified atom stereocenters. The van der Waals surface area contributed by atoms with Gasteiger partial charge in [0.25, 0.3) is 10.2 Å². The molecule has 0 amide bonds. The lowest BCUT2D eigenvalue weighted by atomic mass is 10.0. The van der Waals surface area contributed by atoms with Gasteiger partial charge in [0.15, 0.2) is 0 Å². The molecule has 22 heavy (non-hydrogen) atoms. The molecule has 0 aliphatic carbocycles. The molecule has 0 spiro atoms. The Balaban J connectivity index is 2.41. The lowest BCUT2D eigenvalue weighted by molar-refractivity contribution is 0.241. The molecule has 1 aliphatic rings. The van der Waals surface area contributed by atoms with Gasteiger partial charge in [-0.3, -0.25) is 0 Å². The molecule has 1 heterocycles. The van der Waals surface area contributed by atoms with Gasteiger partial charge in [0.05, 0.1) is 13.2 Å². The quantitative estimate of drug-likeness (QED) is 0.883. The third kappa shape index (κ3) is 3.27. The zero-order chi connectivity index (χ0) is 16.3. The lowest BCUT2D eigenvalue weighted by Gasteiger charge is -2.38. The van der Waals surface area contributed by atoms with E-state index < -0.39 is 10.2 Å². The Kier molecular flexibility index (Phi) is 5.44. The van der Waals surface area contributed by atoms with Crippen molar-refractivity contribution in [2.24, 2.45) is 0 Å². The van der Waals surface area contributed by atoms with E-state index >= 15 is 0 Å². The number of hydrogen-bond acceptors (Lipinski definition) is 4. The van der Waals surface area contributed by atoms with Crippen molar-refractivity contribution in [3.8, 4) is 5.75 Å². The molecule has 1 atom stereocenters. The minimum atomic E-state index is -3.51. The van der Waals surface area contributed by atoms with Crippen molar-refractivity contribution >= 4 is 10.2 Å². The summed E-state index contributed by atoms with van der Waals surface area (Å²) in [4.78, 5) is 0. The Labute approximate surface area is 133 Å². The fourth-order valence-corrected chi connectivity index (χ4v) is 4.30. The van der Waals surface area contributed by atoms with Crippen molar-refractivity contribution in [2.45, 2.75) is 25.9 Å². The van der Waals surface area contributed by atoms with Crippen molar-refractivity contribution in [1.29, 1.82) is 0 Å². The molecule has 6 nitrogen and oxygen atoms in total. The highest BCUT2D eigenvalue weighted by atomic mass is 32.2. The largest absolute Gasteiger partial charge is 0.496 e. The molecule has 0 bridgehead atoms. The maximum atomic E-state index is 12.9. The van der Waals surface area contributed by atoms with Crippen LogP contribution in [-0.2, 0) is 10.2 Å². The van der Waals surface area contributed by atoms with Crippen molar-refractivity contribution in [1.82, 2.24) is 13.9 Å². The number of hydrogen-bond donors (Lipinski definition) is 1. The third-order valence-electron chi connectivity index (χ3n) is 4.08. The molecule has 1 aliphatic heterocycles. The van der Waals surface area contributed by atoms with E-state index in [1.54, 1.807) is 18.5 Å². The SMILES string of the molecule is COc1ccccc1C1CNCCN1S(=O)(=O)N(C)C(C)C. The van der Waals surface area contributed by atoms with E-state index in [-0.39, 0.29) is 12.1 Å². The van der Waals surface area contributed by atoms with Crippen LogP contribution in [0.5, 0.6) is 5.75 Å². The Morgan fingerprint density at radius 2 is 2.05 bits per heavy atom. The van der Waals surface area contributed by atoms with E-state index in [2.05, 4.69) is 5.32 Å². The van der Waals surface area contributed by atoms with Crippen LogP contribution in [0.3, 0.4) is 0 Å². The zero-order valence-electron chi connectivity index (χ0n) is 13.6. The molecule has 0 aromatic heterocycles. The first-order valence-corrected chi connectivity index (χ1v) is 8.87. The monoisotopic (exact) mass is 327 g/mol. The second-order valence-electron chi connectivity index (χ2n) is 5.69. The van der Waals surface area contributed by atoms with Gasteiger partial charge >= 0.3 is 0 Å². The number of rotatable bonds is 5. The number of para-hydroxylation sites is 1. The van der Waals surface area contributed by atoms with Crippen LogP contribution in [-0.4, -0.2) is 56.9 Å². The van der Waals surface area contributed by atoms with Crippen molar-refractivity contribution in [2.75, 3.05) is 33.8 Å². The fraction of sp³-hybridized carbons (Fsp3) is 0.600. The van der Waals surface area contributed by atoms with Crippen molar-refractivity contribution in [3.05, 3.63) is 29.8 Å². The number of ether oxygens (including phenoxy) is 1. The summed E-state index contributed by atoms with van der Waals surface area (Å²) < 4.78 is 34.2. The Morgan fingerprint density at radius 3 is 2.68 bits per heavy atom. The van der Waals surface area contributed by atoms with Gasteiger partial charge in [-0.1, -0.05) is 18.2 Å². The van der Waals surface area contributed by atoms with Crippen molar-refractivity contribution < 1.29 is 13.2 Å². The predicted octanol–water partition coefficient (Wildman–Crippen LogP) is 1.23. The smallest absolute Gasteiger partial charge is 0.282 e. The number of benzene rings is 1. The molecule has 1 aromatic rings. The van der Waals surface area contributed by atoms with Gasteiger partial charge in [0, 0.05) is 38.3 Å². The highest BCUT2D eigenvalue weighted by molar-refractivity contribution is 7.86. The summed E-state index contributed by atoms with van der Waals surface area (Å²) in [6.07, 6.45) is 0. The van der Waals surface area contributed by atoms with Gasteiger partial charge in [-0.2, -0.15) is 17.0 Å². The maximum absolute atomic E-state index is 12.9. The third-order valence-corrected chi connectivity index (χ3v) is 6.26. The first-order chi connectivity index (χ1) is 10.4. The van der Waals surface area contributed by atoms with E-state index in [0.29, 0.717) is 25.4 Å². The highest BCUT2D eigenvalue weighted by Gasteiger charge is 2.37. The van der Waals surface area contributed by atoms with Crippen LogP contribution in [0.4, 0.5) is 0 Å². The molecule has 1 N–H and O–H groups in total. The summed E-state index contributed by atoms with van der Waals surface area (Å²) >= 11 is 0. The number of nitrogens with zero attached hydrogens (tertiary/aromatic N) is 2. The molecule has 0 radical (unpaired) electrons. The van der Waals surface area contributed by atoms with Gasteiger partial charge < -0.3 is 10.1 Å². The Hall–Kier alpha value is -1.15. The van der Waals surface area contributed by atoms with Crippen LogP contribution in [0.15, 0.2) is 24.3 Å². The first-order valence-electron chi connectivity index (χ1n) is 7.48. The minimum Gasteiger partial charge on any atom is -0.496 e. The van der Waals surface area contributed by atoms with E-state index in [1.807, 2.05) is 38.1 Å². The average molecular weight is 327 g/mol. The molecule has 1 saturated heterocycles. The second kappa shape index (κ2) is 6.95. The molecule has 2 rings (SSSR count). The number of methoxy groups -OCH3 is 1. The Morgan fingerprint density at radius 1 is 1.36 bits per heavy atom. The van der Waals surface area contributed by atoms with Gasteiger partial charge in [-0.15, -0.1) is 0 Å². The van der Waals surface area contributed by atoms with Crippen LogP contribution >= 0.6 is 0 Å². The normalized spacial score (nSPS) is 20.5. The molecule has 1 aromatic carbocycles. The van der Waals surface area contributed by atoms with Crippen molar-refractivity contribution in [3.63, 3.8) is 0 Å². The first kappa shape index (κ1) is 17.2. The van der Waals surface area contributed by atoms with Crippen LogP contribution in [0.1, 0.15) is 25.5 Å². The van der Waals surface area contributed by atoms with Gasteiger partial charge in [-0.05, 0) is 19.9 Å². The molecule has 0 saturated carbocycles. The van der Waals surface area contributed by atoms with Gasteiger partial charge in [0.2, 0.25) is 0 Å². The molecule has 1 fully saturated rings. The maximum Gasteiger partial charge on any atom is 0.282 e. The Bertz CT molecular complexity index is 604. The topological polar surface area (TPSA) is 61.9 Å². The average Bonchev–Trinajstić information content (AvgIpc) is 2.53. The molecule has 7 heteroatoms. The molecular weight excluding hydrogens is 302 g/mol. The predicted molar refractivity (Wildman–Crippen MR) is 87.1 cm³/mol. The van der Waals surface area contributed by atoms with Crippen LogP contribution in [0.25, 0.3) is 0 Å². The summed E-state index contributed by atoms with van der Waals surface area (Å²) in [5.74, 6) is 0.712. The summed E-state index contributed by atoms with van der Waals surface area (Å²) in [5.41, 5.74) is 0.887. The zero-order valence-corrected chi connectivity index (χ0v) is 14.4.